The zero-order valence-corrected chi connectivity index (χ0v) is 13.6. The second-order valence-corrected chi connectivity index (χ2v) is 5.40. The van der Waals surface area contributed by atoms with Crippen molar-refractivity contribution >= 4 is 11.9 Å². The first kappa shape index (κ1) is 17.5. The van der Waals surface area contributed by atoms with Gasteiger partial charge in [-0.2, -0.15) is 18.3 Å². The van der Waals surface area contributed by atoms with Gasteiger partial charge in [-0.15, -0.1) is 0 Å². The van der Waals surface area contributed by atoms with Crippen LogP contribution in [0.15, 0.2) is 84.0 Å². The highest BCUT2D eigenvalue weighted by Gasteiger charge is 2.33. The maximum absolute atomic E-state index is 13.0. The standard InChI is InChI=1S/C20H15F3N2O/c21-20(22,23)18-11-4-5-12-19(18)25-24-14-15-7-6-10-17(13-15)26-16-8-2-1-3-9-16/h1-14,25H/b24-14-. The summed E-state index contributed by atoms with van der Waals surface area (Å²) < 4.78 is 44.6. The number of rotatable bonds is 5. The van der Waals surface area contributed by atoms with Crippen molar-refractivity contribution in [1.82, 2.24) is 0 Å². The van der Waals surface area contributed by atoms with Gasteiger partial charge < -0.3 is 4.74 Å². The van der Waals surface area contributed by atoms with Crippen molar-refractivity contribution in [1.29, 1.82) is 0 Å². The first-order valence-electron chi connectivity index (χ1n) is 7.81. The molecule has 3 nitrogen and oxygen atoms in total. The number of nitrogens with zero attached hydrogens (tertiary/aromatic N) is 1. The summed E-state index contributed by atoms with van der Waals surface area (Å²) in [4.78, 5) is 0. The van der Waals surface area contributed by atoms with Crippen LogP contribution in [0.5, 0.6) is 11.5 Å². The molecule has 6 heteroatoms. The van der Waals surface area contributed by atoms with Crippen molar-refractivity contribution in [3.63, 3.8) is 0 Å². The van der Waals surface area contributed by atoms with Crippen LogP contribution < -0.4 is 10.2 Å². The second-order valence-electron chi connectivity index (χ2n) is 5.40. The summed E-state index contributed by atoms with van der Waals surface area (Å²) in [5.41, 5.74) is 2.27. The molecule has 0 saturated heterocycles. The van der Waals surface area contributed by atoms with Gasteiger partial charge in [0.1, 0.15) is 11.5 Å². The van der Waals surface area contributed by atoms with E-state index in [9.17, 15) is 13.2 Å². The van der Waals surface area contributed by atoms with E-state index in [1.165, 1.54) is 24.4 Å². The molecule has 1 N–H and O–H groups in total. The summed E-state index contributed by atoms with van der Waals surface area (Å²) in [5.74, 6) is 1.30. The quantitative estimate of drug-likeness (QED) is 0.453. The van der Waals surface area contributed by atoms with Crippen LogP contribution >= 0.6 is 0 Å². The SMILES string of the molecule is FC(F)(F)c1ccccc1N/N=C\c1cccc(Oc2ccccc2)c1. The van der Waals surface area contributed by atoms with Gasteiger partial charge in [0.05, 0.1) is 17.5 Å². The zero-order valence-electron chi connectivity index (χ0n) is 13.6. The van der Waals surface area contributed by atoms with Crippen molar-refractivity contribution in [3.8, 4) is 11.5 Å². The average molecular weight is 356 g/mol. The van der Waals surface area contributed by atoms with E-state index in [2.05, 4.69) is 10.5 Å². The lowest BCUT2D eigenvalue weighted by Gasteiger charge is -2.11. The van der Waals surface area contributed by atoms with Crippen LogP contribution in [-0.2, 0) is 6.18 Å². The third-order valence-electron chi connectivity index (χ3n) is 3.47. The number of nitrogens with one attached hydrogen (secondary N) is 1. The van der Waals surface area contributed by atoms with E-state index in [0.717, 1.165) is 6.07 Å². The van der Waals surface area contributed by atoms with E-state index in [1.807, 2.05) is 30.3 Å². The van der Waals surface area contributed by atoms with Gasteiger partial charge in [0.15, 0.2) is 0 Å². The molecule has 26 heavy (non-hydrogen) atoms. The molecule has 0 saturated carbocycles. The van der Waals surface area contributed by atoms with Crippen molar-refractivity contribution in [2.75, 3.05) is 5.43 Å². The van der Waals surface area contributed by atoms with Crippen molar-refractivity contribution in [2.24, 2.45) is 5.10 Å². The van der Waals surface area contributed by atoms with E-state index in [0.29, 0.717) is 17.1 Å². The Balaban J connectivity index is 1.71. The molecule has 0 aliphatic rings. The Morgan fingerprint density at radius 2 is 1.50 bits per heavy atom. The molecule has 0 bridgehead atoms. The maximum Gasteiger partial charge on any atom is 0.418 e. The van der Waals surface area contributed by atoms with Gasteiger partial charge in [-0.05, 0) is 42.0 Å². The molecular formula is C20H15F3N2O. The molecule has 3 rings (SSSR count). The number of para-hydroxylation sites is 2. The van der Waals surface area contributed by atoms with Gasteiger partial charge in [-0.25, -0.2) is 0 Å². The Kier molecular flexibility index (Phi) is 5.22. The average Bonchev–Trinajstić information content (AvgIpc) is 2.62. The molecule has 0 amide bonds. The minimum atomic E-state index is -4.44. The Morgan fingerprint density at radius 1 is 0.808 bits per heavy atom. The van der Waals surface area contributed by atoms with Crippen LogP contribution in [0.2, 0.25) is 0 Å². The predicted octanol–water partition coefficient (Wildman–Crippen LogP) is 5.94. The molecule has 3 aromatic rings. The maximum atomic E-state index is 13.0. The number of alkyl halides is 3. The predicted molar refractivity (Wildman–Crippen MR) is 95.6 cm³/mol. The van der Waals surface area contributed by atoms with Gasteiger partial charge in [-0.3, -0.25) is 5.43 Å². The molecule has 0 atom stereocenters. The molecule has 0 spiro atoms. The zero-order chi connectivity index (χ0) is 18.4. The number of ether oxygens (including phenoxy) is 1. The van der Waals surface area contributed by atoms with Crippen LogP contribution in [0.4, 0.5) is 18.9 Å². The molecule has 0 aliphatic carbocycles. The summed E-state index contributed by atoms with van der Waals surface area (Å²) in [6.07, 6.45) is -3.01. The lowest BCUT2D eigenvalue weighted by Crippen LogP contribution is -2.08. The van der Waals surface area contributed by atoms with Gasteiger partial charge in [0.25, 0.3) is 0 Å². The monoisotopic (exact) mass is 356 g/mol. The highest BCUT2D eigenvalue weighted by atomic mass is 19.4. The van der Waals surface area contributed by atoms with Crippen LogP contribution in [0.3, 0.4) is 0 Å². The highest BCUT2D eigenvalue weighted by Crippen LogP contribution is 2.34. The van der Waals surface area contributed by atoms with Crippen molar-refractivity contribution in [3.05, 3.63) is 90.0 Å². The van der Waals surface area contributed by atoms with Crippen LogP contribution in [-0.4, -0.2) is 6.21 Å². The number of benzene rings is 3. The topological polar surface area (TPSA) is 33.6 Å². The molecule has 0 radical (unpaired) electrons. The van der Waals surface area contributed by atoms with Crippen LogP contribution in [0.1, 0.15) is 11.1 Å². The third-order valence-corrected chi connectivity index (χ3v) is 3.47. The number of hydrogen-bond acceptors (Lipinski definition) is 3. The molecule has 0 fully saturated rings. The second kappa shape index (κ2) is 7.74. The summed E-state index contributed by atoms with van der Waals surface area (Å²) in [5, 5.41) is 3.90. The molecule has 0 heterocycles. The summed E-state index contributed by atoms with van der Waals surface area (Å²) >= 11 is 0. The normalized spacial score (nSPS) is 11.5. The fourth-order valence-electron chi connectivity index (χ4n) is 2.29. The smallest absolute Gasteiger partial charge is 0.418 e. The Hall–Kier alpha value is -3.28. The van der Waals surface area contributed by atoms with Gasteiger partial charge in [0.2, 0.25) is 0 Å². The Morgan fingerprint density at radius 3 is 2.27 bits per heavy atom. The fraction of sp³-hybridized carbons (Fsp3) is 0.0500. The van der Waals surface area contributed by atoms with Gasteiger partial charge >= 0.3 is 6.18 Å². The summed E-state index contributed by atoms with van der Waals surface area (Å²) in [7, 11) is 0. The van der Waals surface area contributed by atoms with E-state index in [1.54, 1.807) is 24.3 Å². The van der Waals surface area contributed by atoms with E-state index < -0.39 is 11.7 Å². The fourth-order valence-corrected chi connectivity index (χ4v) is 2.29. The summed E-state index contributed by atoms with van der Waals surface area (Å²) in [6.45, 7) is 0. The lowest BCUT2D eigenvalue weighted by molar-refractivity contribution is -0.136. The van der Waals surface area contributed by atoms with Crippen LogP contribution in [0, 0.1) is 0 Å². The van der Waals surface area contributed by atoms with E-state index >= 15 is 0 Å². The molecule has 3 aromatic carbocycles. The molecule has 0 unspecified atom stereocenters. The first-order valence-corrected chi connectivity index (χ1v) is 7.81. The number of hydrogen-bond donors (Lipinski definition) is 1. The minimum Gasteiger partial charge on any atom is -0.457 e. The minimum absolute atomic E-state index is 0.104. The van der Waals surface area contributed by atoms with Gasteiger partial charge in [-0.1, -0.05) is 42.5 Å². The molecule has 0 aliphatic heterocycles. The van der Waals surface area contributed by atoms with Crippen LogP contribution in [0.25, 0.3) is 0 Å². The number of halogens is 3. The summed E-state index contributed by atoms with van der Waals surface area (Å²) in [6, 6.07) is 21.6. The molecule has 132 valence electrons. The first-order chi connectivity index (χ1) is 12.5. The van der Waals surface area contributed by atoms with Crippen molar-refractivity contribution < 1.29 is 17.9 Å². The molecule has 0 aromatic heterocycles. The number of anilines is 1. The van der Waals surface area contributed by atoms with E-state index in [4.69, 9.17) is 4.74 Å². The van der Waals surface area contributed by atoms with Gasteiger partial charge in [0, 0.05) is 0 Å². The largest absolute Gasteiger partial charge is 0.457 e. The number of hydrazone groups is 1. The Bertz CT molecular complexity index is 893. The third kappa shape index (κ3) is 4.63. The lowest BCUT2D eigenvalue weighted by atomic mass is 10.2. The highest BCUT2D eigenvalue weighted by molar-refractivity contribution is 5.81. The Labute approximate surface area is 148 Å². The van der Waals surface area contributed by atoms with Crippen molar-refractivity contribution in [2.45, 2.75) is 6.18 Å². The van der Waals surface area contributed by atoms with E-state index in [-0.39, 0.29) is 5.69 Å². The molecular weight excluding hydrogens is 341 g/mol.